The van der Waals surface area contributed by atoms with Crippen LogP contribution in [-0.4, -0.2) is 16.1 Å². The first kappa shape index (κ1) is 15.5. The molecule has 3 aromatic rings. The largest absolute Gasteiger partial charge is 0.488 e. The van der Waals surface area contributed by atoms with E-state index in [4.69, 9.17) is 10.00 Å². The number of hydrogen-bond donors (Lipinski definition) is 0. The number of rotatable bonds is 6. The Bertz CT molecular complexity index is 879. The van der Waals surface area contributed by atoms with Gasteiger partial charge in [0, 0.05) is 22.9 Å². The number of benzene rings is 2. The summed E-state index contributed by atoms with van der Waals surface area (Å²) >= 11 is 0. The zero-order chi connectivity index (χ0) is 16.8. The third-order valence-electron chi connectivity index (χ3n) is 3.56. The first-order chi connectivity index (χ1) is 11.8. The number of carbonyl (C=O) groups excluding carboxylic acids is 1. The van der Waals surface area contributed by atoms with Gasteiger partial charge < -0.3 is 4.74 Å². The molecule has 0 saturated carbocycles. The molecule has 5 heteroatoms. The SMILES string of the molecule is N#CCn1cc(-c2ccc(C=O)cc2OCc2ccccc2)cn1. The summed E-state index contributed by atoms with van der Waals surface area (Å²) in [7, 11) is 0. The first-order valence-corrected chi connectivity index (χ1v) is 7.46. The second kappa shape index (κ2) is 7.25. The molecule has 5 nitrogen and oxygen atoms in total. The van der Waals surface area contributed by atoms with Gasteiger partial charge in [-0.1, -0.05) is 36.4 Å². The summed E-state index contributed by atoms with van der Waals surface area (Å²) in [6.45, 7) is 0.592. The molecule has 0 atom stereocenters. The van der Waals surface area contributed by atoms with Crippen molar-refractivity contribution in [1.82, 2.24) is 9.78 Å². The van der Waals surface area contributed by atoms with E-state index < -0.39 is 0 Å². The molecule has 0 aliphatic carbocycles. The van der Waals surface area contributed by atoms with Crippen LogP contribution in [0.4, 0.5) is 0 Å². The lowest BCUT2D eigenvalue weighted by Crippen LogP contribution is -1.98. The molecule has 0 N–H and O–H groups in total. The van der Waals surface area contributed by atoms with Gasteiger partial charge in [0.25, 0.3) is 0 Å². The van der Waals surface area contributed by atoms with Gasteiger partial charge in [0.1, 0.15) is 25.2 Å². The van der Waals surface area contributed by atoms with Crippen LogP contribution in [0.5, 0.6) is 5.75 Å². The van der Waals surface area contributed by atoms with Crippen LogP contribution in [0.2, 0.25) is 0 Å². The Morgan fingerprint density at radius 1 is 1.21 bits per heavy atom. The van der Waals surface area contributed by atoms with Crippen molar-refractivity contribution in [3.05, 3.63) is 72.1 Å². The summed E-state index contributed by atoms with van der Waals surface area (Å²) in [5.41, 5.74) is 3.26. The predicted octanol–water partition coefficient (Wildman–Crippen LogP) is 3.47. The topological polar surface area (TPSA) is 67.9 Å². The number of nitrogens with zero attached hydrogens (tertiary/aromatic N) is 3. The van der Waals surface area contributed by atoms with Crippen molar-refractivity contribution in [2.45, 2.75) is 13.2 Å². The minimum atomic E-state index is 0.187. The molecule has 0 saturated heterocycles. The van der Waals surface area contributed by atoms with Crippen LogP contribution in [0.1, 0.15) is 15.9 Å². The summed E-state index contributed by atoms with van der Waals surface area (Å²) in [6, 6.07) is 17.1. The Labute approximate surface area is 139 Å². The maximum atomic E-state index is 11.1. The van der Waals surface area contributed by atoms with E-state index in [0.29, 0.717) is 17.9 Å². The predicted molar refractivity (Wildman–Crippen MR) is 89.4 cm³/mol. The second-order valence-corrected chi connectivity index (χ2v) is 5.23. The molecule has 24 heavy (non-hydrogen) atoms. The Balaban J connectivity index is 1.90. The van der Waals surface area contributed by atoms with Gasteiger partial charge in [-0.2, -0.15) is 10.4 Å². The zero-order valence-electron chi connectivity index (χ0n) is 12.9. The average Bonchev–Trinajstić information content (AvgIpc) is 3.09. The second-order valence-electron chi connectivity index (χ2n) is 5.23. The highest BCUT2D eigenvalue weighted by molar-refractivity contribution is 5.80. The Morgan fingerprint density at radius 3 is 2.79 bits per heavy atom. The summed E-state index contributed by atoms with van der Waals surface area (Å²) < 4.78 is 7.49. The fraction of sp³-hybridized carbons (Fsp3) is 0.105. The van der Waals surface area contributed by atoms with Crippen molar-refractivity contribution in [2.75, 3.05) is 0 Å². The fourth-order valence-corrected chi connectivity index (χ4v) is 2.37. The van der Waals surface area contributed by atoms with Gasteiger partial charge in [-0.25, -0.2) is 0 Å². The molecule has 0 aliphatic rings. The van der Waals surface area contributed by atoms with Crippen molar-refractivity contribution < 1.29 is 9.53 Å². The van der Waals surface area contributed by atoms with Crippen molar-refractivity contribution >= 4 is 6.29 Å². The number of aromatic nitrogens is 2. The summed E-state index contributed by atoms with van der Waals surface area (Å²) in [5.74, 6) is 0.611. The van der Waals surface area contributed by atoms with Crippen LogP contribution >= 0.6 is 0 Å². The molecule has 0 amide bonds. The van der Waals surface area contributed by atoms with Gasteiger partial charge in [0.15, 0.2) is 0 Å². The molecule has 0 fully saturated rings. The Kier molecular flexibility index (Phi) is 4.68. The molecule has 1 heterocycles. The maximum absolute atomic E-state index is 11.1. The van der Waals surface area contributed by atoms with E-state index in [1.807, 2.05) is 36.4 Å². The van der Waals surface area contributed by atoms with E-state index in [2.05, 4.69) is 11.2 Å². The Morgan fingerprint density at radius 2 is 2.04 bits per heavy atom. The molecule has 2 aromatic carbocycles. The highest BCUT2D eigenvalue weighted by atomic mass is 16.5. The van der Waals surface area contributed by atoms with Crippen LogP contribution in [0.25, 0.3) is 11.1 Å². The minimum absolute atomic E-state index is 0.187. The lowest BCUT2D eigenvalue weighted by Gasteiger charge is -2.11. The summed E-state index contributed by atoms with van der Waals surface area (Å²) in [6.07, 6.45) is 4.26. The quantitative estimate of drug-likeness (QED) is 0.653. The Hall–Kier alpha value is -3.39. The van der Waals surface area contributed by atoms with Crippen LogP contribution in [0.3, 0.4) is 0 Å². The van der Waals surface area contributed by atoms with Gasteiger partial charge in [0.05, 0.1) is 12.3 Å². The van der Waals surface area contributed by atoms with E-state index in [-0.39, 0.29) is 6.54 Å². The standard InChI is InChI=1S/C19H15N3O2/c20-8-9-22-12-17(11-21-22)18-7-6-16(13-23)10-19(18)24-14-15-4-2-1-3-5-15/h1-7,10-13H,9,14H2. The van der Waals surface area contributed by atoms with Crippen LogP contribution in [0.15, 0.2) is 60.9 Å². The normalized spacial score (nSPS) is 10.1. The lowest BCUT2D eigenvalue weighted by atomic mass is 10.1. The van der Waals surface area contributed by atoms with Gasteiger partial charge in [-0.15, -0.1) is 0 Å². The van der Waals surface area contributed by atoms with Crippen molar-refractivity contribution in [1.29, 1.82) is 5.26 Å². The van der Waals surface area contributed by atoms with E-state index in [9.17, 15) is 4.79 Å². The third kappa shape index (κ3) is 3.50. The van der Waals surface area contributed by atoms with Gasteiger partial charge in [0.2, 0.25) is 0 Å². The maximum Gasteiger partial charge on any atom is 0.150 e. The lowest BCUT2D eigenvalue weighted by molar-refractivity contribution is 0.112. The smallest absolute Gasteiger partial charge is 0.150 e. The third-order valence-corrected chi connectivity index (χ3v) is 3.56. The molecule has 0 bridgehead atoms. The fourth-order valence-electron chi connectivity index (χ4n) is 2.37. The molecule has 0 spiro atoms. The first-order valence-electron chi connectivity index (χ1n) is 7.46. The minimum Gasteiger partial charge on any atom is -0.488 e. The average molecular weight is 317 g/mol. The number of carbonyl (C=O) groups is 1. The molecule has 0 radical (unpaired) electrons. The number of nitriles is 1. The number of ether oxygens (including phenoxy) is 1. The van der Waals surface area contributed by atoms with Crippen molar-refractivity contribution in [3.8, 4) is 22.9 Å². The van der Waals surface area contributed by atoms with Gasteiger partial charge in [-0.3, -0.25) is 9.48 Å². The zero-order valence-corrected chi connectivity index (χ0v) is 12.9. The molecule has 3 rings (SSSR count). The highest BCUT2D eigenvalue weighted by Crippen LogP contribution is 2.31. The van der Waals surface area contributed by atoms with Crippen LogP contribution in [0, 0.1) is 11.3 Å². The van der Waals surface area contributed by atoms with E-state index in [1.165, 1.54) is 0 Å². The summed E-state index contributed by atoms with van der Waals surface area (Å²) in [4.78, 5) is 11.1. The van der Waals surface area contributed by atoms with E-state index in [1.54, 1.807) is 29.2 Å². The number of hydrogen-bond acceptors (Lipinski definition) is 4. The molecule has 1 aromatic heterocycles. The van der Waals surface area contributed by atoms with Crippen molar-refractivity contribution in [3.63, 3.8) is 0 Å². The van der Waals surface area contributed by atoms with E-state index in [0.717, 1.165) is 23.0 Å². The van der Waals surface area contributed by atoms with Crippen molar-refractivity contribution in [2.24, 2.45) is 0 Å². The van der Waals surface area contributed by atoms with Gasteiger partial charge in [-0.05, 0) is 17.7 Å². The molecular weight excluding hydrogens is 302 g/mol. The van der Waals surface area contributed by atoms with E-state index >= 15 is 0 Å². The molecule has 0 aliphatic heterocycles. The van der Waals surface area contributed by atoms with Gasteiger partial charge >= 0.3 is 0 Å². The molecular formula is C19H15N3O2. The molecule has 118 valence electrons. The van der Waals surface area contributed by atoms with Crippen LogP contribution in [-0.2, 0) is 13.2 Å². The number of aldehydes is 1. The molecule has 0 unspecified atom stereocenters. The highest BCUT2D eigenvalue weighted by Gasteiger charge is 2.10. The monoisotopic (exact) mass is 317 g/mol. The summed E-state index contributed by atoms with van der Waals surface area (Å²) in [5, 5.41) is 12.9. The van der Waals surface area contributed by atoms with Crippen LogP contribution < -0.4 is 4.74 Å².